The molecule has 2 aliphatic rings. The number of carboxylic acid groups (broad SMARTS) is 2. The minimum atomic E-state index is -1.50. The molecule has 0 spiro atoms. The average molecular weight is 382 g/mol. The Bertz CT molecular complexity index is 914. The van der Waals surface area contributed by atoms with Gasteiger partial charge < -0.3 is 25.2 Å². The zero-order chi connectivity index (χ0) is 19.8. The summed E-state index contributed by atoms with van der Waals surface area (Å²) in [6.45, 7) is 0.292. The molecule has 2 atom stereocenters. The minimum Gasteiger partial charge on any atom is -0.480 e. The molecule has 1 saturated heterocycles. The molecule has 28 heavy (non-hydrogen) atoms. The van der Waals surface area contributed by atoms with Crippen LogP contribution in [0, 0.1) is 0 Å². The van der Waals surface area contributed by atoms with Gasteiger partial charge in [-0.2, -0.15) is 0 Å². The van der Waals surface area contributed by atoms with Crippen LogP contribution in [0.5, 0.6) is 11.5 Å². The number of para-hydroxylation sites is 2. The van der Waals surface area contributed by atoms with Crippen molar-refractivity contribution in [2.45, 2.75) is 18.0 Å². The highest BCUT2D eigenvalue weighted by Gasteiger charge is 2.46. The Balaban J connectivity index is 1.79. The van der Waals surface area contributed by atoms with Crippen molar-refractivity contribution in [3.8, 4) is 11.5 Å². The summed E-state index contributed by atoms with van der Waals surface area (Å²) in [5.74, 6) is -2.84. The number of ether oxygens (including phenoxy) is 1. The average Bonchev–Trinajstić information content (AvgIpc) is 2.70. The third kappa shape index (κ3) is 2.87. The quantitative estimate of drug-likeness (QED) is 0.732. The van der Waals surface area contributed by atoms with Crippen molar-refractivity contribution >= 4 is 17.8 Å². The van der Waals surface area contributed by atoms with Crippen molar-refractivity contribution in [3.63, 3.8) is 0 Å². The van der Waals surface area contributed by atoms with E-state index < -0.39 is 35.8 Å². The zero-order valence-corrected chi connectivity index (χ0v) is 14.7. The molecule has 0 radical (unpaired) electrons. The summed E-state index contributed by atoms with van der Waals surface area (Å²) >= 11 is 0. The monoisotopic (exact) mass is 382 g/mol. The van der Waals surface area contributed by atoms with Gasteiger partial charge in [0, 0.05) is 24.2 Å². The number of rotatable bonds is 3. The second kappa shape index (κ2) is 6.97. The van der Waals surface area contributed by atoms with E-state index in [1.54, 1.807) is 48.5 Å². The second-order valence-electron chi connectivity index (χ2n) is 6.70. The molecule has 4 rings (SSSR count). The van der Waals surface area contributed by atoms with E-state index in [9.17, 15) is 24.6 Å². The summed E-state index contributed by atoms with van der Waals surface area (Å²) in [5, 5.41) is 21.7. The first-order chi connectivity index (χ1) is 13.5. The number of hydrogen-bond donors (Lipinski definition) is 3. The standard InChI is InChI=1S/C20H18N2O6/c23-18(22-10-9-21-16(19(24)25)17(22)20(26)27)15-11-5-1-3-7-13(11)28-14-8-4-2-6-12(14)15/h1-8,15-17,21H,9-10H2,(H,24,25)(H,26,27). The fourth-order valence-corrected chi connectivity index (χ4v) is 3.86. The van der Waals surface area contributed by atoms with E-state index >= 15 is 0 Å². The van der Waals surface area contributed by atoms with Crippen molar-refractivity contribution in [1.82, 2.24) is 10.2 Å². The molecule has 0 saturated carbocycles. The van der Waals surface area contributed by atoms with Crippen LogP contribution < -0.4 is 10.1 Å². The molecule has 0 aliphatic carbocycles. The number of carbonyl (C=O) groups is 3. The Labute approximate surface area is 160 Å². The summed E-state index contributed by atoms with van der Waals surface area (Å²) in [6.07, 6.45) is 0. The van der Waals surface area contributed by atoms with E-state index in [4.69, 9.17) is 4.74 Å². The van der Waals surface area contributed by atoms with Crippen molar-refractivity contribution in [2.24, 2.45) is 0 Å². The van der Waals surface area contributed by atoms with E-state index in [0.29, 0.717) is 22.6 Å². The maximum absolute atomic E-state index is 13.5. The van der Waals surface area contributed by atoms with Crippen LogP contribution in [0.3, 0.4) is 0 Å². The Morgan fingerprint density at radius 2 is 1.50 bits per heavy atom. The van der Waals surface area contributed by atoms with Gasteiger partial charge in [0.15, 0.2) is 6.04 Å². The number of hydrogen-bond acceptors (Lipinski definition) is 5. The first-order valence-corrected chi connectivity index (χ1v) is 8.84. The van der Waals surface area contributed by atoms with Crippen molar-refractivity contribution in [3.05, 3.63) is 59.7 Å². The highest BCUT2D eigenvalue weighted by atomic mass is 16.5. The van der Waals surface area contributed by atoms with E-state index in [-0.39, 0.29) is 13.1 Å². The van der Waals surface area contributed by atoms with Crippen LogP contribution in [0.15, 0.2) is 48.5 Å². The summed E-state index contributed by atoms with van der Waals surface area (Å²) in [5.41, 5.74) is 1.25. The van der Waals surface area contributed by atoms with Gasteiger partial charge in [0.05, 0.1) is 5.92 Å². The molecular formula is C20H18N2O6. The van der Waals surface area contributed by atoms with Gasteiger partial charge in [-0.1, -0.05) is 36.4 Å². The Morgan fingerprint density at radius 1 is 0.929 bits per heavy atom. The normalized spacial score (nSPS) is 21.2. The van der Waals surface area contributed by atoms with E-state index in [1.165, 1.54) is 0 Å². The highest BCUT2D eigenvalue weighted by Crippen LogP contribution is 2.45. The number of benzene rings is 2. The molecule has 8 nitrogen and oxygen atoms in total. The van der Waals surface area contributed by atoms with Crippen LogP contribution in [0.2, 0.25) is 0 Å². The highest BCUT2D eigenvalue weighted by molar-refractivity contribution is 5.95. The minimum absolute atomic E-state index is 0.0985. The first kappa shape index (κ1) is 18.0. The van der Waals surface area contributed by atoms with E-state index in [1.807, 2.05) is 0 Å². The van der Waals surface area contributed by atoms with Crippen LogP contribution in [0.4, 0.5) is 0 Å². The SMILES string of the molecule is O=C(O)C1NCCN(C(=O)C2c3ccccc3Oc3ccccc32)C1C(=O)O. The fraction of sp³-hybridized carbons (Fsp3) is 0.250. The number of nitrogens with one attached hydrogen (secondary N) is 1. The second-order valence-corrected chi connectivity index (χ2v) is 6.70. The molecule has 2 aromatic rings. The van der Waals surface area contributed by atoms with Crippen LogP contribution >= 0.6 is 0 Å². The number of amides is 1. The maximum atomic E-state index is 13.5. The number of nitrogens with zero attached hydrogens (tertiary/aromatic N) is 1. The first-order valence-electron chi connectivity index (χ1n) is 8.84. The largest absolute Gasteiger partial charge is 0.480 e. The molecule has 3 N–H and O–H groups in total. The lowest BCUT2D eigenvalue weighted by molar-refractivity contribution is -0.159. The number of carboxylic acids is 2. The Kier molecular flexibility index (Phi) is 4.48. The lowest BCUT2D eigenvalue weighted by Crippen LogP contribution is -2.65. The van der Waals surface area contributed by atoms with Crippen molar-refractivity contribution < 1.29 is 29.3 Å². The number of fused-ring (bicyclic) bond motifs is 2. The molecule has 2 heterocycles. The third-order valence-electron chi connectivity index (χ3n) is 5.10. The predicted octanol–water partition coefficient (Wildman–Crippen LogP) is 1.26. The molecule has 1 fully saturated rings. The molecule has 2 aliphatic heterocycles. The van der Waals surface area contributed by atoms with E-state index in [2.05, 4.69) is 5.32 Å². The Morgan fingerprint density at radius 3 is 2.04 bits per heavy atom. The predicted molar refractivity (Wildman–Crippen MR) is 97.4 cm³/mol. The van der Waals surface area contributed by atoms with Crippen LogP contribution in [-0.2, 0) is 14.4 Å². The van der Waals surface area contributed by atoms with E-state index in [0.717, 1.165) is 4.90 Å². The lowest BCUT2D eigenvalue weighted by atomic mass is 9.86. The number of aliphatic carboxylic acids is 2. The maximum Gasteiger partial charge on any atom is 0.328 e. The smallest absolute Gasteiger partial charge is 0.328 e. The van der Waals surface area contributed by atoms with Gasteiger partial charge in [-0.25, -0.2) is 4.79 Å². The van der Waals surface area contributed by atoms with Gasteiger partial charge in [-0.05, 0) is 12.1 Å². The molecule has 0 aromatic heterocycles. The molecule has 2 unspecified atom stereocenters. The number of piperazine rings is 1. The number of carbonyl (C=O) groups excluding carboxylic acids is 1. The molecule has 0 bridgehead atoms. The summed E-state index contributed by atoms with van der Waals surface area (Å²) in [6, 6.07) is 11.3. The van der Waals surface area contributed by atoms with Gasteiger partial charge in [0.25, 0.3) is 0 Å². The topological polar surface area (TPSA) is 116 Å². The van der Waals surface area contributed by atoms with Crippen LogP contribution in [-0.4, -0.2) is 58.1 Å². The zero-order valence-electron chi connectivity index (χ0n) is 14.7. The summed E-state index contributed by atoms with van der Waals surface area (Å²) in [7, 11) is 0. The van der Waals surface area contributed by atoms with Gasteiger partial charge in [-0.3, -0.25) is 9.59 Å². The van der Waals surface area contributed by atoms with Crippen molar-refractivity contribution in [1.29, 1.82) is 0 Å². The van der Waals surface area contributed by atoms with Crippen molar-refractivity contribution in [2.75, 3.05) is 13.1 Å². The molecule has 2 aromatic carbocycles. The Hall–Kier alpha value is -3.39. The van der Waals surface area contributed by atoms with Crippen LogP contribution in [0.25, 0.3) is 0 Å². The summed E-state index contributed by atoms with van der Waals surface area (Å²) in [4.78, 5) is 38.1. The molecule has 144 valence electrons. The van der Waals surface area contributed by atoms with Gasteiger partial charge in [-0.15, -0.1) is 0 Å². The molecule has 1 amide bonds. The van der Waals surface area contributed by atoms with Gasteiger partial charge in [0.1, 0.15) is 17.5 Å². The fourth-order valence-electron chi connectivity index (χ4n) is 3.86. The van der Waals surface area contributed by atoms with Gasteiger partial charge >= 0.3 is 11.9 Å². The molecule has 8 heteroatoms. The van der Waals surface area contributed by atoms with Gasteiger partial charge in [0.2, 0.25) is 5.91 Å². The van der Waals surface area contributed by atoms with Crippen LogP contribution in [0.1, 0.15) is 17.0 Å². The molecular weight excluding hydrogens is 364 g/mol. The lowest BCUT2D eigenvalue weighted by Gasteiger charge is -2.40. The summed E-state index contributed by atoms with van der Waals surface area (Å²) < 4.78 is 5.89. The third-order valence-corrected chi connectivity index (χ3v) is 5.10.